The van der Waals surface area contributed by atoms with Gasteiger partial charge in [0.2, 0.25) is 0 Å². The fourth-order valence-corrected chi connectivity index (χ4v) is 2.88. The summed E-state index contributed by atoms with van der Waals surface area (Å²) in [4.78, 5) is 0. The third kappa shape index (κ3) is 3.33. The van der Waals surface area contributed by atoms with E-state index in [2.05, 4.69) is 69.2 Å². The van der Waals surface area contributed by atoms with E-state index in [9.17, 15) is 0 Å². The van der Waals surface area contributed by atoms with Crippen LogP contribution in [0, 0.1) is 0 Å². The summed E-state index contributed by atoms with van der Waals surface area (Å²) >= 11 is 0. The lowest BCUT2D eigenvalue weighted by Crippen LogP contribution is -1.90. The lowest BCUT2D eigenvalue weighted by molar-refractivity contribution is 0.715. The quantitative estimate of drug-likeness (QED) is 0.577. The largest absolute Gasteiger partial charge is 0.255 e. The van der Waals surface area contributed by atoms with E-state index in [4.69, 9.17) is 0 Å². The van der Waals surface area contributed by atoms with E-state index in [1.165, 1.54) is 11.1 Å². The molecule has 0 saturated heterocycles. The Kier molecular flexibility index (Phi) is 3.85. The Morgan fingerprint density at radius 3 is 1.60 bits per heavy atom. The Morgan fingerprint density at radius 2 is 1.20 bits per heavy atom. The SMILES string of the molecule is Cn1cc(-c2cccc(Cc3cccc(-c4cn(C)nn4)c3)c2)nn1. The van der Waals surface area contributed by atoms with Gasteiger partial charge < -0.3 is 0 Å². The molecular weight excluding hydrogens is 312 g/mol. The number of aryl methyl sites for hydroxylation is 2. The maximum atomic E-state index is 4.19. The summed E-state index contributed by atoms with van der Waals surface area (Å²) in [5.74, 6) is 0. The van der Waals surface area contributed by atoms with E-state index in [0.717, 1.165) is 28.9 Å². The molecule has 0 aliphatic rings. The number of benzene rings is 2. The van der Waals surface area contributed by atoms with Crippen LogP contribution in [0.15, 0.2) is 60.9 Å². The van der Waals surface area contributed by atoms with Crippen LogP contribution in [-0.4, -0.2) is 30.0 Å². The fraction of sp³-hybridized carbons (Fsp3) is 0.158. The molecule has 6 nitrogen and oxygen atoms in total. The van der Waals surface area contributed by atoms with E-state index in [0.29, 0.717) is 0 Å². The van der Waals surface area contributed by atoms with Gasteiger partial charge in [-0.25, -0.2) is 0 Å². The molecule has 0 aliphatic heterocycles. The summed E-state index contributed by atoms with van der Waals surface area (Å²) in [7, 11) is 3.75. The van der Waals surface area contributed by atoms with Gasteiger partial charge in [-0.15, -0.1) is 10.2 Å². The average Bonchev–Trinajstić information content (AvgIpc) is 3.24. The molecule has 2 heterocycles. The second-order valence-corrected chi connectivity index (χ2v) is 6.13. The molecule has 2 aromatic heterocycles. The lowest BCUT2D eigenvalue weighted by Gasteiger charge is -2.05. The Hall–Kier alpha value is -3.28. The highest BCUT2D eigenvalue weighted by molar-refractivity contribution is 5.60. The normalized spacial score (nSPS) is 11.0. The standard InChI is InChI=1S/C19H18N6/c1-24-12-18(20-22-24)16-7-3-5-14(10-16)9-15-6-4-8-17(11-15)19-13-25(2)23-21-19/h3-8,10-13H,9H2,1-2H3. The van der Waals surface area contributed by atoms with Crippen LogP contribution >= 0.6 is 0 Å². The molecule has 2 aromatic carbocycles. The Labute approximate surface area is 145 Å². The van der Waals surface area contributed by atoms with Crippen molar-refractivity contribution in [3.8, 4) is 22.5 Å². The van der Waals surface area contributed by atoms with Crippen molar-refractivity contribution in [1.29, 1.82) is 0 Å². The van der Waals surface area contributed by atoms with Gasteiger partial charge in [-0.2, -0.15) is 0 Å². The van der Waals surface area contributed by atoms with E-state index < -0.39 is 0 Å². The van der Waals surface area contributed by atoms with Crippen LogP contribution in [0.1, 0.15) is 11.1 Å². The Balaban J connectivity index is 1.60. The Morgan fingerprint density at radius 1 is 0.720 bits per heavy atom. The van der Waals surface area contributed by atoms with Crippen LogP contribution < -0.4 is 0 Å². The van der Waals surface area contributed by atoms with Crippen LogP contribution in [0.5, 0.6) is 0 Å². The van der Waals surface area contributed by atoms with Crippen molar-refractivity contribution < 1.29 is 0 Å². The Bertz CT molecular complexity index is 932. The van der Waals surface area contributed by atoms with Gasteiger partial charge in [0.05, 0.1) is 12.4 Å². The van der Waals surface area contributed by atoms with Gasteiger partial charge in [0.25, 0.3) is 0 Å². The van der Waals surface area contributed by atoms with Crippen LogP contribution in [-0.2, 0) is 20.5 Å². The predicted molar refractivity (Wildman–Crippen MR) is 95.7 cm³/mol. The van der Waals surface area contributed by atoms with Crippen LogP contribution in [0.25, 0.3) is 22.5 Å². The molecule has 0 N–H and O–H groups in total. The van der Waals surface area contributed by atoms with Crippen molar-refractivity contribution >= 4 is 0 Å². The van der Waals surface area contributed by atoms with Crippen molar-refractivity contribution in [3.63, 3.8) is 0 Å². The summed E-state index contributed by atoms with van der Waals surface area (Å²) < 4.78 is 3.43. The van der Waals surface area contributed by atoms with Gasteiger partial charge in [0, 0.05) is 25.2 Å². The molecule has 4 aromatic rings. The van der Waals surface area contributed by atoms with Gasteiger partial charge in [0.15, 0.2) is 0 Å². The molecule has 4 rings (SSSR count). The molecule has 0 bridgehead atoms. The molecule has 0 unspecified atom stereocenters. The van der Waals surface area contributed by atoms with E-state index >= 15 is 0 Å². The van der Waals surface area contributed by atoms with Crippen LogP contribution in [0.2, 0.25) is 0 Å². The van der Waals surface area contributed by atoms with Crippen molar-refractivity contribution in [2.45, 2.75) is 6.42 Å². The van der Waals surface area contributed by atoms with E-state index in [1.54, 1.807) is 9.36 Å². The maximum absolute atomic E-state index is 4.19. The minimum Gasteiger partial charge on any atom is -0.255 e. The third-order valence-corrected chi connectivity index (χ3v) is 4.06. The van der Waals surface area contributed by atoms with Crippen LogP contribution in [0.3, 0.4) is 0 Å². The topological polar surface area (TPSA) is 61.4 Å². The predicted octanol–water partition coefficient (Wildman–Crippen LogP) is 2.87. The minimum atomic E-state index is 0.849. The highest BCUT2D eigenvalue weighted by Gasteiger charge is 2.06. The monoisotopic (exact) mass is 330 g/mol. The number of hydrogen-bond donors (Lipinski definition) is 0. The zero-order valence-electron chi connectivity index (χ0n) is 14.2. The van der Waals surface area contributed by atoms with E-state index in [-0.39, 0.29) is 0 Å². The fourth-order valence-electron chi connectivity index (χ4n) is 2.88. The van der Waals surface area contributed by atoms with E-state index in [1.807, 2.05) is 26.5 Å². The van der Waals surface area contributed by atoms with Crippen molar-refractivity contribution in [2.24, 2.45) is 14.1 Å². The summed E-state index contributed by atoms with van der Waals surface area (Å²) in [6.45, 7) is 0. The smallest absolute Gasteiger partial charge is 0.113 e. The first-order chi connectivity index (χ1) is 12.2. The third-order valence-electron chi connectivity index (χ3n) is 4.06. The van der Waals surface area contributed by atoms with Gasteiger partial charge in [-0.05, 0) is 29.7 Å². The number of aromatic nitrogens is 6. The summed E-state index contributed by atoms with van der Waals surface area (Å²) in [5.41, 5.74) is 6.40. The number of hydrogen-bond acceptors (Lipinski definition) is 4. The highest BCUT2D eigenvalue weighted by Crippen LogP contribution is 2.22. The van der Waals surface area contributed by atoms with Crippen molar-refractivity contribution in [1.82, 2.24) is 30.0 Å². The minimum absolute atomic E-state index is 0.849. The molecule has 0 fully saturated rings. The molecule has 0 spiro atoms. The second kappa shape index (κ2) is 6.32. The van der Waals surface area contributed by atoms with Crippen molar-refractivity contribution in [2.75, 3.05) is 0 Å². The number of nitrogens with zero attached hydrogens (tertiary/aromatic N) is 6. The molecule has 6 heteroatoms. The molecule has 124 valence electrons. The zero-order valence-corrected chi connectivity index (χ0v) is 14.2. The molecular formula is C19H18N6. The van der Waals surface area contributed by atoms with Crippen molar-refractivity contribution in [3.05, 3.63) is 72.1 Å². The first-order valence-electron chi connectivity index (χ1n) is 8.09. The maximum Gasteiger partial charge on any atom is 0.113 e. The summed E-state index contributed by atoms with van der Waals surface area (Å²) in [6.07, 6.45) is 4.70. The first kappa shape index (κ1) is 15.3. The molecule has 0 atom stereocenters. The summed E-state index contributed by atoms with van der Waals surface area (Å²) in [5, 5.41) is 16.4. The van der Waals surface area contributed by atoms with Gasteiger partial charge in [-0.3, -0.25) is 9.36 Å². The first-order valence-corrected chi connectivity index (χ1v) is 8.09. The molecule has 0 aliphatic carbocycles. The molecule has 0 saturated carbocycles. The lowest BCUT2D eigenvalue weighted by atomic mass is 10.00. The number of rotatable bonds is 4. The van der Waals surface area contributed by atoms with Crippen LogP contribution in [0.4, 0.5) is 0 Å². The molecule has 0 radical (unpaired) electrons. The summed E-state index contributed by atoms with van der Waals surface area (Å²) in [6, 6.07) is 16.8. The molecule has 0 amide bonds. The van der Waals surface area contributed by atoms with Gasteiger partial charge in [0.1, 0.15) is 11.4 Å². The second-order valence-electron chi connectivity index (χ2n) is 6.13. The average molecular weight is 330 g/mol. The molecule has 25 heavy (non-hydrogen) atoms. The zero-order chi connectivity index (χ0) is 17.2. The van der Waals surface area contributed by atoms with Gasteiger partial charge >= 0.3 is 0 Å². The van der Waals surface area contributed by atoms with Gasteiger partial charge in [-0.1, -0.05) is 46.8 Å². The highest BCUT2D eigenvalue weighted by atomic mass is 15.4.